The minimum absolute atomic E-state index is 0.000437. The van der Waals surface area contributed by atoms with Crippen molar-refractivity contribution in [3.63, 3.8) is 0 Å². The fourth-order valence-corrected chi connectivity index (χ4v) is 10.8. The van der Waals surface area contributed by atoms with E-state index < -0.39 is 113 Å². The van der Waals surface area contributed by atoms with Crippen LogP contribution in [0.4, 0.5) is 0 Å². The lowest BCUT2D eigenvalue weighted by molar-refractivity contribution is -0.345. The van der Waals surface area contributed by atoms with E-state index in [0.29, 0.717) is 11.1 Å². The summed E-state index contributed by atoms with van der Waals surface area (Å²) in [6.07, 6.45) is -8.00. The average molecular weight is 878 g/mol. The number of esters is 4. The zero-order valence-electron chi connectivity index (χ0n) is 36.0. The Hall–Kier alpha value is -6.00. The van der Waals surface area contributed by atoms with E-state index in [0.717, 1.165) is 13.0 Å². The highest BCUT2D eigenvalue weighted by atomic mass is 16.6. The van der Waals surface area contributed by atoms with E-state index in [1.165, 1.54) is 32.1 Å². The van der Waals surface area contributed by atoms with Gasteiger partial charge in [0.1, 0.15) is 23.9 Å². The average Bonchev–Trinajstić information content (AvgIpc) is 3.26. The van der Waals surface area contributed by atoms with Crippen molar-refractivity contribution >= 4 is 35.6 Å². The van der Waals surface area contributed by atoms with Crippen LogP contribution in [0.5, 0.6) is 0 Å². The van der Waals surface area contributed by atoms with Gasteiger partial charge in [-0.25, -0.2) is 14.4 Å². The molecule has 1 amide bonds. The molecular formula is C49H51NO14. The maximum Gasteiger partial charge on any atom is 0.338 e. The van der Waals surface area contributed by atoms with Gasteiger partial charge in [0.25, 0.3) is 5.91 Å². The van der Waals surface area contributed by atoms with Crippen molar-refractivity contribution in [2.75, 3.05) is 6.61 Å². The molecule has 3 aromatic rings. The molecule has 64 heavy (non-hydrogen) atoms. The van der Waals surface area contributed by atoms with E-state index in [1.807, 2.05) is 0 Å². The van der Waals surface area contributed by atoms with Crippen molar-refractivity contribution < 1.29 is 67.8 Å². The molecule has 15 nitrogen and oxygen atoms in total. The molecule has 0 radical (unpaired) electrons. The van der Waals surface area contributed by atoms with Crippen molar-refractivity contribution in [1.82, 2.24) is 5.32 Å². The van der Waals surface area contributed by atoms with Crippen LogP contribution in [0.25, 0.3) is 0 Å². The molecule has 2 saturated carbocycles. The quantitative estimate of drug-likeness (QED) is 0.163. The Bertz CT molecular complexity index is 2450. The van der Waals surface area contributed by atoms with Gasteiger partial charge in [-0.2, -0.15) is 0 Å². The highest BCUT2D eigenvalue weighted by Crippen LogP contribution is 2.64. The van der Waals surface area contributed by atoms with Gasteiger partial charge in [-0.3, -0.25) is 14.4 Å². The monoisotopic (exact) mass is 877 g/mol. The fraction of sp³-hybridized carbons (Fsp3) is 0.429. The zero-order valence-corrected chi connectivity index (χ0v) is 36.0. The molecule has 0 unspecified atom stereocenters. The number of allylic oxidation sites excluding steroid dienone is 1. The lowest BCUT2D eigenvalue weighted by atomic mass is 9.44. The van der Waals surface area contributed by atoms with Crippen molar-refractivity contribution in [3.05, 3.63) is 130 Å². The number of fused-ring (bicyclic) bond motifs is 3. The number of amides is 1. The SMILES string of the molecule is CC(=O)O[C@H]1C(=O)[C@@]2(C)[C@@H]3[C@H](OC(=O)c4ccccc4)[C@]4(O)C[C@H](OC(=O)[C@H](O)[C@@H](NC(=O)c5ccccc5)c5ccccc5C/C=C\C(=O)O[C@]35CO[C@@H]5C[C@@H]2O)C(C)=C1C4(C)C. The largest absolute Gasteiger partial charge is 0.456 e. The van der Waals surface area contributed by atoms with Gasteiger partial charge in [0.05, 0.1) is 35.6 Å². The van der Waals surface area contributed by atoms with Crippen LogP contribution in [0.2, 0.25) is 0 Å². The van der Waals surface area contributed by atoms with Gasteiger partial charge in [0, 0.05) is 36.8 Å². The van der Waals surface area contributed by atoms with Gasteiger partial charge < -0.3 is 44.3 Å². The van der Waals surface area contributed by atoms with Crippen LogP contribution in [-0.2, 0) is 49.3 Å². The molecule has 3 aromatic carbocycles. The summed E-state index contributed by atoms with van der Waals surface area (Å²) in [6, 6.07) is 21.3. The Balaban J connectivity index is 1.37. The minimum atomic E-state index is -2.40. The van der Waals surface area contributed by atoms with Gasteiger partial charge in [-0.15, -0.1) is 0 Å². The summed E-state index contributed by atoms with van der Waals surface area (Å²) < 4.78 is 30.9. The number of hydrogen-bond donors (Lipinski definition) is 4. The second-order valence-electron chi connectivity index (χ2n) is 18.1. The first-order valence-electron chi connectivity index (χ1n) is 21.3. The lowest BCUT2D eigenvalue weighted by Gasteiger charge is -2.67. The number of Topliss-reactive ketones (excluding diaryl/α,β-unsaturated/α-hetero) is 1. The normalized spacial score (nSPS) is 34.8. The third-order valence-corrected chi connectivity index (χ3v) is 14.3. The molecule has 0 aromatic heterocycles. The van der Waals surface area contributed by atoms with Crippen LogP contribution in [0.3, 0.4) is 0 Å². The summed E-state index contributed by atoms with van der Waals surface area (Å²) >= 11 is 0. The number of carbonyl (C=O) groups excluding carboxylic acids is 6. The van der Waals surface area contributed by atoms with E-state index >= 15 is 4.79 Å². The maximum absolute atomic E-state index is 15.6. The van der Waals surface area contributed by atoms with E-state index in [9.17, 15) is 39.3 Å². The number of hydrogen-bond acceptors (Lipinski definition) is 14. The molecule has 336 valence electrons. The third kappa shape index (κ3) is 7.14. The fourth-order valence-electron chi connectivity index (χ4n) is 10.8. The number of ketones is 1. The summed E-state index contributed by atoms with van der Waals surface area (Å²) in [5, 5.41) is 40.8. The van der Waals surface area contributed by atoms with Gasteiger partial charge in [-0.05, 0) is 66.8 Å². The van der Waals surface area contributed by atoms with Gasteiger partial charge in [-0.1, -0.05) is 80.6 Å². The molecule has 15 heteroatoms. The van der Waals surface area contributed by atoms with E-state index in [1.54, 1.807) is 86.6 Å². The summed E-state index contributed by atoms with van der Waals surface area (Å²) in [7, 11) is 0. The topological polar surface area (TPSA) is 221 Å². The smallest absolute Gasteiger partial charge is 0.338 e. The van der Waals surface area contributed by atoms with Gasteiger partial charge in [0.15, 0.2) is 23.6 Å². The van der Waals surface area contributed by atoms with Crippen molar-refractivity contribution in [2.45, 2.75) is 108 Å². The number of rotatable bonds is 5. The first-order chi connectivity index (χ1) is 30.3. The molecule has 8 rings (SSSR count). The standard InChI is InChI=1S/C49H51NO14/c1-26-32-24-49(59)42(63-44(57)30-18-10-7-11-19-30)40-47(5,41(55)39(61-27(2)51)36(26)46(49,3)4)33(52)23-34-48(40,25-60-34)64-35(53)22-14-20-28-15-12-13-21-31(28)37(38(54)45(58)62-32)50-43(56)29-16-8-6-9-17-29/h6-19,21-22,32-34,37-40,42,52,54,59H,20,23-25H2,1-5H3,(H,50,56)/b22-14-/t32-,33-,34+,37-,38+,39+,40-,42-,47+,48-,49+/m0/s1. The first-order valence-corrected chi connectivity index (χ1v) is 21.3. The zero-order chi connectivity index (χ0) is 45.9. The lowest BCUT2D eigenvalue weighted by Crippen LogP contribution is -2.82. The number of aliphatic hydroxyl groups excluding tert-OH is 2. The highest BCUT2D eigenvalue weighted by Gasteiger charge is 2.78. The van der Waals surface area contributed by atoms with Crippen molar-refractivity contribution in [3.8, 4) is 0 Å². The Kier molecular flexibility index (Phi) is 11.5. The van der Waals surface area contributed by atoms with E-state index in [-0.39, 0.29) is 41.7 Å². The molecule has 11 atom stereocenters. The maximum atomic E-state index is 15.6. The Morgan fingerprint density at radius 1 is 0.859 bits per heavy atom. The number of ether oxygens (including phenoxy) is 5. The van der Waals surface area contributed by atoms with Crippen molar-refractivity contribution in [1.29, 1.82) is 0 Å². The summed E-state index contributed by atoms with van der Waals surface area (Å²) in [5.74, 6) is -7.02. The second-order valence-corrected chi connectivity index (χ2v) is 18.1. The molecule has 5 aliphatic rings. The highest BCUT2D eigenvalue weighted by molar-refractivity contribution is 5.96. The summed E-state index contributed by atoms with van der Waals surface area (Å²) in [6.45, 7) is 6.83. The predicted molar refractivity (Wildman–Crippen MR) is 225 cm³/mol. The van der Waals surface area contributed by atoms with Gasteiger partial charge >= 0.3 is 23.9 Å². The number of benzene rings is 3. The third-order valence-electron chi connectivity index (χ3n) is 14.3. The number of carbonyl (C=O) groups is 6. The molecule has 1 saturated heterocycles. The summed E-state index contributed by atoms with van der Waals surface area (Å²) in [4.78, 5) is 85.5. The second kappa shape index (κ2) is 16.5. The van der Waals surface area contributed by atoms with Crippen molar-refractivity contribution in [2.24, 2.45) is 16.7 Å². The van der Waals surface area contributed by atoms with Crippen LogP contribution >= 0.6 is 0 Å². The van der Waals surface area contributed by atoms with Crippen LogP contribution in [0.15, 0.2) is 108 Å². The van der Waals surface area contributed by atoms with Crippen LogP contribution in [-0.4, -0.2) is 105 Å². The molecule has 3 aliphatic carbocycles. The minimum Gasteiger partial charge on any atom is -0.456 e. The molecule has 3 fully saturated rings. The van der Waals surface area contributed by atoms with Crippen LogP contribution in [0, 0.1) is 16.7 Å². The number of nitrogens with one attached hydrogen (secondary N) is 1. The Morgan fingerprint density at radius 3 is 2.14 bits per heavy atom. The molecule has 2 aliphatic heterocycles. The molecule has 4 N–H and O–H groups in total. The van der Waals surface area contributed by atoms with Crippen LogP contribution in [0.1, 0.15) is 85.3 Å². The molecular weight excluding hydrogens is 827 g/mol. The first kappa shape index (κ1) is 44.6. The number of aliphatic hydroxyl groups is 3. The molecule has 1 spiro atoms. The Morgan fingerprint density at radius 2 is 1.50 bits per heavy atom. The van der Waals surface area contributed by atoms with E-state index in [2.05, 4.69) is 5.32 Å². The Labute approximate surface area is 369 Å². The predicted octanol–water partition coefficient (Wildman–Crippen LogP) is 3.83. The van der Waals surface area contributed by atoms with Gasteiger partial charge in [0.2, 0.25) is 0 Å². The molecule has 4 bridgehead atoms. The van der Waals surface area contributed by atoms with Crippen LogP contribution < -0.4 is 5.32 Å². The summed E-state index contributed by atoms with van der Waals surface area (Å²) in [5.41, 5.74) is -6.68. The van der Waals surface area contributed by atoms with E-state index in [4.69, 9.17) is 23.7 Å². The molecule has 2 heterocycles.